The second kappa shape index (κ2) is 9.87. The molecule has 33 heavy (non-hydrogen) atoms. The first-order chi connectivity index (χ1) is 15.9. The second-order valence-electron chi connectivity index (χ2n) is 9.10. The summed E-state index contributed by atoms with van der Waals surface area (Å²) in [6, 6.07) is 9.52. The molecule has 0 radical (unpaired) electrons. The Kier molecular flexibility index (Phi) is 6.94. The number of Topliss-reactive ketones (excluding diaryl/α,β-unsaturated/α-hetero) is 1. The first-order valence-electron chi connectivity index (χ1n) is 11.5. The van der Waals surface area contributed by atoms with Crippen LogP contribution < -0.4 is 5.73 Å². The number of nitrogens with two attached hydrogens (primary N) is 1. The predicted octanol–water partition coefficient (Wildman–Crippen LogP) is 5.64. The summed E-state index contributed by atoms with van der Waals surface area (Å²) in [5, 5.41) is 0. The van der Waals surface area contributed by atoms with Gasteiger partial charge in [-0.05, 0) is 78.5 Å². The molecule has 1 aliphatic carbocycles. The molecule has 0 aliphatic heterocycles. The zero-order valence-electron chi connectivity index (χ0n) is 19.0. The Morgan fingerprint density at radius 2 is 1.91 bits per heavy atom. The maximum absolute atomic E-state index is 14.8. The Balaban J connectivity index is 1.62. The van der Waals surface area contributed by atoms with Gasteiger partial charge in [0.1, 0.15) is 17.3 Å². The lowest BCUT2D eigenvalue weighted by atomic mass is 9.75. The number of hydrogen-bond donors (Lipinski definition) is 1. The Labute approximate surface area is 193 Å². The third-order valence-electron chi connectivity index (χ3n) is 6.55. The molecule has 2 heterocycles. The number of hydrogen-bond acceptors (Lipinski definition) is 4. The topological polar surface area (TPSA) is 68.9 Å². The number of nitrogens with zero attached hydrogens (tertiary/aromatic N) is 2. The van der Waals surface area contributed by atoms with E-state index >= 15 is 0 Å². The van der Waals surface area contributed by atoms with E-state index in [4.69, 9.17) is 5.73 Å². The van der Waals surface area contributed by atoms with Gasteiger partial charge in [-0.2, -0.15) is 0 Å². The van der Waals surface area contributed by atoms with Gasteiger partial charge in [0, 0.05) is 24.9 Å². The summed E-state index contributed by atoms with van der Waals surface area (Å²) < 4.78 is 29.3. The Morgan fingerprint density at radius 3 is 2.67 bits per heavy atom. The normalized spacial score (nSPS) is 20.6. The zero-order chi connectivity index (χ0) is 23.5. The molecule has 0 amide bonds. The molecule has 3 aromatic rings. The van der Waals surface area contributed by atoms with E-state index in [1.54, 1.807) is 31.5 Å². The average Bonchev–Trinajstić information content (AvgIpc) is 2.79. The van der Waals surface area contributed by atoms with Crippen molar-refractivity contribution in [3.05, 3.63) is 82.8 Å². The Hall–Kier alpha value is -2.99. The molecule has 1 aromatic carbocycles. The molecule has 0 bridgehead atoms. The van der Waals surface area contributed by atoms with Gasteiger partial charge in [0.15, 0.2) is 5.78 Å². The van der Waals surface area contributed by atoms with E-state index in [0.29, 0.717) is 17.9 Å². The van der Waals surface area contributed by atoms with E-state index < -0.39 is 11.6 Å². The number of carbonyl (C=O) groups excluding carboxylic acids is 1. The van der Waals surface area contributed by atoms with Crippen LogP contribution in [0.2, 0.25) is 0 Å². The maximum atomic E-state index is 14.8. The van der Waals surface area contributed by atoms with Crippen molar-refractivity contribution >= 4 is 5.78 Å². The summed E-state index contributed by atoms with van der Waals surface area (Å²) in [7, 11) is 0. The molecule has 2 aromatic heterocycles. The van der Waals surface area contributed by atoms with E-state index in [1.165, 1.54) is 18.2 Å². The van der Waals surface area contributed by atoms with Gasteiger partial charge in [0.2, 0.25) is 0 Å². The third kappa shape index (κ3) is 5.01. The molecule has 0 unspecified atom stereocenters. The molecule has 1 fully saturated rings. The summed E-state index contributed by atoms with van der Waals surface area (Å²) in [6.45, 7) is 4.01. The lowest BCUT2D eigenvalue weighted by molar-refractivity contribution is 0.0987. The van der Waals surface area contributed by atoms with Crippen LogP contribution in [-0.2, 0) is 12.8 Å². The van der Waals surface area contributed by atoms with E-state index in [9.17, 15) is 13.6 Å². The van der Waals surface area contributed by atoms with Crippen LogP contribution in [0.1, 0.15) is 66.2 Å². The van der Waals surface area contributed by atoms with Crippen molar-refractivity contribution in [3.63, 3.8) is 0 Å². The molecule has 0 spiro atoms. The fourth-order valence-corrected chi connectivity index (χ4v) is 4.99. The highest BCUT2D eigenvalue weighted by molar-refractivity contribution is 5.96. The monoisotopic (exact) mass is 449 g/mol. The van der Waals surface area contributed by atoms with Crippen molar-refractivity contribution in [2.24, 2.45) is 11.7 Å². The van der Waals surface area contributed by atoms with Gasteiger partial charge < -0.3 is 5.73 Å². The van der Waals surface area contributed by atoms with Crippen LogP contribution in [0.15, 0.2) is 48.8 Å². The predicted molar refractivity (Wildman–Crippen MR) is 125 cm³/mol. The van der Waals surface area contributed by atoms with Gasteiger partial charge in [-0.25, -0.2) is 13.8 Å². The molecule has 6 heteroatoms. The molecule has 3 atom stereocenters. The quantitative estimate of drug-likeness (QED) is 0.495. The van der Waals surface area contributed by atoms with Crippen LogP contribution in [0.3, 0.4) is 0 Å². The zero-order valence-corrected chi connectivity index (χ0v) is 19.0. The summed E-state index contributed by atoms with van der Waals surface area (Å²) in [4.78, 5) is 21.7. The lowest BCUT2D eigenvalue weighted by Crippen LogP contribution is -2.31. The Morgan fingerprint density at radius 1 is 1.09 bits per heavy atom. The highest BCUT2D eigenvalue weighted by Gasteiger charge is 2.27. The smallest absolute Gasteiger partial charge is 0.185 e. The van der Waals surface area contributed by atoms with Crippen molar-refractivity contribution in [2.75, 3.05) is 0 Å². The number of carbonyl (C=O) groups is 1. The standard InChI is InChI=1S/C27H29F2N3O/c1-3-17-7-8-22(28)26(27(17)29)24-6-4-5-23(32-24)25(33)14-19-15-31-10-9-21(19)18-11-16(2)12-20(30)13-18/h4-10,15-16,18,20H,3,11-14,30H2,1-2H3/t16-,18+,20-/m0/s1. The second-order valence-corrected chi connectivity index (χ2v) is 9.10. The van der Waals surface area contributed by atoms with Gasteiger partial charge in [-0.3, -0.25) is 9.78 Å². The summed E-state index contributed by atoms with van der Waals surface area (Å²) in [5.41, 5.74) is 8.71. The van der Waals surface area contributed by atoms with Crippen molar-refractivity contribution in [2.45, 2.75) is 57.9 Å². The molecular formula is C27H29F2N3O. The van der Waals surface area contributed by atoms with E-state index in [1.807, 2.05) is 6.07 Å². The van der Waals surface area contributed by atoms with Crippen LogP contribution in [-0.4, -0.2) is 21.8 Å². The van der Waals surface area contributed by atoms with Crippen LogP contribution in [0.4, 0.5) is 8.78 Å². The summed E-state index contributed by atoms with van der Waals surface area (Å²) in [5.74, 6) is -0.732. The van der Waals surface area contributed by atoms with E-state index in [2.05, 4.69) is 16.9 Å². The number of rotatable bonds is 6. The van der Waals surface area contributed by atoms with E-state index in [0.717, 1.165) is 30.4 Å². The molecular weight excluding hydrogens is 420 g/mol. The molecule has 4 rings (SSSR count). The maximum Gasteiger partial charge on any atom is 0.185 e. The molecule has 1 aliphatic rings. The summed E-state index contributed by atoms with van der Waals surface area (Å²) in [6.07, 6.45) is 6.96. The van der Waals surface area contributed by atoms with Gasteiger partial charge >= 0.3 is 0 Å². The van der Waals surface area contributed by atoms with Crippen LogP contribution >= 0.6 is 0 Å². The van der Waals surface area contributed by atoms with Gasteiger partial charge in [0.05, 0.1) is 11.3 Å². The van der Waals surface area contributed by atoms with Crippen LogP contribution in [0, 0.1) is 17.6 Å². The molecule has 2 N–H and O–H groups in total. The van der Waals surface area contributed by atoms with E-state index in [-0.39, 0.29) is 41.1 Å². The SMILES string of the molecule is CCc1ccc(F)c(-c2cccc(C(=O)Cc3cnccc3[C@@H]3C[C@H](C)C[C@H](N)C3)n2)c1F. The number of ketones is 1. The number of aryl methyl sites for hydroxylation is 1. The van der Waals surface area contributed by atoms with Gasteiger partial charge in [-0.1, -0.05) is 26.0 Å². The third-order valence-corrected chi connectivity index (χ3v) is 6.55. The Bertz CT molecular complexity index is 1150. The van der Waals surface area contributed by atoms with Crippen molar-refractivity contribution in [3.8, 4) is 11.3 Å². The number of benzene rings is 1. The number of pyridine rings is 2. The first kappa shape index (κ1) is 23.2. The fraction of sp³-hybridized carbons (Fsp3) is 0.370. The van der Waals surface area contributed by atoms with Crippen molar-refractivity contribution < 1.29 is 13.6 Å². The number of aromatic nitrogens is 2. The average molecular weight is 450 g/mol. The minimum Gasteiger partial charge on any atom is -0.328 e. The molecule has 0 saturated heterocycles. The van der Waals surface area contributed by atoms with Crippen LogP contribution in [0.5, 0.6) is 0 Å². The molecule has 172 valence electrons. The minimum atomic E-state index is -0.695. The largest absolute Gasteiger partial charge is 0.328 e. The lowest BCUT2D eigenvalue weighted by Gasteiger charge is -2.32. The highest BCUT2D eigenvalue weighted by atomic mass is 19.1. The molecule has 4 nitrogen and oxygen atoms in total. The first-order valence-corrected chi connectivity index (χ1v) is 11.5. The minimum absolute atomic E-state index is 0.115. The van der Waals surface area contributed by atoms with Gasteiger partial charge in [-0.15, -0.1) is 0 Å². The molecule has 1 saturated carbocycles. The highest BCUT2D eigenvalue weighted by Crippen LogP contribution is 2.37. The fourth-order valence-electron chi connectivity index (χ4n) is 4.99. The van der Waals surface area contributed by atoms with Crippen molar-refractivity contribution in [1.82, 2.24) is 9.97 Å². The van der Waals surface area contributed by atoms with Crippen molar-refractivity contribution in [1.29, 1.82) is 0 Å². The summed E-state index contributed by atoms with van der Waals surface area (Å²) >= 11 is 0. The van der Waals surface area contributed by atoms with Crippen LogP contribution in [0.25, 0.3) is 11.3 Å². The van der Waals surface area contributed by atoms with Gasteiger partial charge in [0.25, 0.3) is 0 Å². The number of halogens is 2.